The second kappa shape index (κ2) is 6.30. The molecule has 2 aromatic heterocycles. The number of aryl methyl sites for hydroxylation is 2. The van der Waals surface area contributed by atoms with Gasteiger partial charge in [-0.05, 0) is 45.4 Å². The number of nitrogens with zero attached hydrogens (tertiary/aromatic N) is 5. The molecule has 2 aliphatic rings. The van der Waals surface area contributed by atoms with E-state index in [1.807, 2.05) is 13.0 Å². The van der Waals surface area contributed by atoms with Gasteiger partial charge in [0.25, 0.3) is 0 Å². The lowest BCUT2D eigenvalue weighted by molar-refractivity contribution is 0.266. The zero-order chi connectivity index (χ0) is 18.4. The molecule has 2 fully saturated rings. The minimum absolute atomic E-state index is 0.388. The quantitative estimate of drug-likeness (QED) is 0.776. The van der Waals surface area contributed by atoms with Crippen molar-refractivity contribution < 1.29 is 0 Å². The van der Waals surface area contributed by atoms with E-state index in [0.717, 1.165) is 66.9 Å². The Morgan fingerprint density at radius 2 is 1.89 bits per heavy atom. The summed E-state index contributed by atoms with van der Waals surface area (Å²) >= 11 is 0. The van der Waals surface area contributed by atoms with Crippen LogP contribution in [-0.4, -0.2) is 51.0 Å². The molecule has 0 amide bonds. The number of nitrogens with one attached hydrogen (secondary N) is 1. The molecule has 1 spiro atoms. The minimum atomic E-state index is 0.388. The van der Waals surface area contributed by atoms with Gasteiger partial charge in [-0.25, -0.2) is 15.0 Å². The number of hydrogen-bond acceptors (Lipinski definition) is 5. The first kappa shape index (κ1) is 16.7. The van der Waals surface area contributed by atoms with Crippen LogP contribution in [0.1, 0.15) is 30.2 Å². The van der Waals surface area contributed by atoms with Crippen LogP contribution in [-0.2, 0) is 6.54 Å². The maximum Gasteiger partial charge on any atom is 0.132 e. The third kappa shape index (κ3) is 3.18. The number of benzene rings is 1. The fraction of sp³-hybridized carbons (Fsp3) is 0.476. The van der Waals surface area contributed by atoms with Gasteiger partial charge < -0.3 is 9.88 Å². The van der Waals surface area contributed by atoms with Crippen molar-refractivity contribution in [2.75, 3.05) is 31.1 Å². The molecule has 2 aliphatic heterocycles. The van der Waals surface area contributed by atoms with Crippen LogP contribution < -0.4 is 4.90 Å². The fourth-order valence-corrected chi connectivity index (χ4v) is 4.78. The molecule has 0 saturated carbocycles. The number of likely N-dealkylation sites (tertiary alicyclic amines) is 1. The Balaban J connectivity index is 1.27. The number of rotatable bonds is 3. The van der Waals surface area contributed by atoms with E-state index in [-0.39, 0.29) is 0 Å². The summed E-state index contributed by atoms with van der Waals surface area (Å²) in [5.74, 6) is 3.03. The number of anilines is 1. The van der Waals surface area contributed by atoms with Crippen LogP contribution in [0.15, 0.2) is 30.3 Å². The first-order valence-corrected chi connectivity index (χ1v) is 9.82. The fourth-order valence-electron chi connectivity index (χ4n) is 4.78. The van der Waals surface area contributed by atoms with Gasteiger partial charge in [0.15, 0.2) is 0 Å². The van der Waals surface area contributed by atoms with Crippen LogP contribution in [0, 0.1) is 19.3 Å². The van der Waals surface area contributed by atoms with Gasteiger partial charge in [-0.3, -0.25) is 4.90 Å². The molecule has 6 heteroatoms. The molecule has 6 nitrogen and oxygen atoms in total. The summed E-state index contributed by atoms with van der Waals surface area (Å²) in [4.78, 5) is 22.3. The Morgan fingerprint density at radius 1 is 1.04 bits per heavy atom. The Bertz CT molecular complexity index is 926. The summed E-state index contributed by atoms with van der Waals surface area (Å²) < 4.78 is 0. The molecule has 1 aromatic carbocycles. The van der Waals surface area contributed by atoms with Gasteiger partial charge in [0.05, 0.1) is 17.6 Å². The Labute approximate surface area is 159 Å². The van der Waals surface area contributed by atoms with Gasteiger partial charge in [0, 0.05) is 36.8 Å². The van der Waals surface area contributed by atoms with E-state index < -0.39 is 0 Å². The molecule has 1 N–H and O–H groups in total. The highest BCUT2D eigenvalue weighted by molar-refractivity contribution is 5.74. The molecule has 1 unspecified atom stereocenters. The molecule has 27 heavy (non-hydrogen) atoms. The molecule has 4 heterocycles. The molecule has 0 bridgehead atoms. The van der Waals surface area contributed by atoms with Gasteiger partial charge in [-0.15, -0.1) is 0 Å². The number of imidazole rings is 1. The van der Waals surface area contributed by atoms with Crippen LogP contribution in [0.4, 0.5) is 5.82 Å². The van der Waals surface area contributed by atoms with Crippen molar-refractivity contribution in [2.45, 2.75) is 33.2 Å². The predicted molar refractivity (Wildman–Crippen MR) is 107 cm³/mol. The number of hydrogen-bond donors (Lipinski definition) is 1. The first-order chi connectivity index (χ1) is 13.1. The summed E-state index contributed by atoms with van der Waals surface area (Å²) in [5, 5.41) is 0. The molecule has 2 saturated heterocycles. The van der Waals surface area contributed by atoms with Crippen molar-refractivity contribution in [1.29, 1.82) is 0 Å². The third-order valence-corrected chi connectivity index (χ3v) is 6.04. The number of aromatic nitrogens is 4. The average Bonchev–Trinajstić information content (AvgIpc) is 3.33. The van der Waals surface area contributed by atoms with Gasteiger partial charge in [-0.2, -0.15) is 0 Å². The van der Waals surface area contributed by atoms with E-state index >= 15 is 0 Å². The zero-order valence-electron chi connectivity index (χ0n) is 16.1. The van der Waals surface area contributed by atoms with Crippen LogP contribution in [0.25, 0.3) is 11.0 Å². The lowest BCUT2D eigenvalue weighted by Crippen LogP contribution is -2.31. The van der Waals surface area contributed by atoms with E-state index in [1.54, 1.807) is 0 Å². The Kier molecular flexibility index (Phi) is 3.90. The average molecular weight is 362 g/mol. The van der Waals surface area contributed by atoms with Gasteiger partial charge >= 0.3 is 0 Å². The number of para-hydroxylation sites is 2. The molecule has 1 atom stereocenters. The topological polar surface area (TPSA) is 60.9 Å². The lowest BCUT2D eigenvalue weighted by Gasteiger charge is -2.25. The SMILES string of the molecule is Cc1cc(N2CCC3(CCN(Cc4nc5ccccc5[nH]4)C3)C2)nc(C)n1. The van der Waals surface area contributed by atoms with Crippen LogP contribution >= 0.6 is 0 Å². The Morgan fingerprint density at radius 3 is 2.74 bits per heavy atom. The highest BCUT2D eigenvalue weighted by Crippen LogP contribution is 2.41. The van der Waals surface area contributed by atoms with Crippen molar-refractivity contribution >= 4 is 16.9 Å². The van der Waals surface area contributed by atoms with E-state index in [4.69, 9.17) is 4.98 Å². The maximum atomic E-state index is 4.75. The molecule has 0 radical (unpaired) electrons. The first-order valence-electron chi connectivity index (χ1n) is 9.82. The summed E-state index contributed by atoms with van der Waals surface area (Å²) in [7, 11) is 0. The summed E-state index contributed by atoms with van der Waals surface area (Å²) in [6.45, 7) is 9.41. The van der Waals surface area contributed by atoms with Crippen molar-refractivity contribution in [1.82, 2.24) is 24.8 Å². The van der Waals surface area contributed by atoms with Crippen molar-refractivity contribution in [3.05, 3.63) is 47.7 Å². The molecule has 140 valence electrons. The molecule has 5 rings (SSSR count). The number of H-pyrrole nitrogens is 1. The van der Waals surface area contributed by atoms with Crippen molar-refractivity contribution in [3.8, 4) is 0 Å². The third-order valence-electron chi connectivity index (χ3n) is 6.04. The van der Waals surface area contributed by atoms with E-state index in [9.17, 15) is 0 Å². The Hall–Kier alpha value is -2.47. The lowest BCUT2D eigenvalue weighted by atomic mass is 9.86. The smallest absolute Gasteiger partial charge is 0.132 e. The van der Waals surface area contributed by atoms with E-state index in [1.165, 1.54) is 12.8 Å². The normalized spacial score (nSPS) is 23.1. The van der Waals surface area contributed by atoms with Crippen molar-refractivity contribution in [2.24, 2.45) is 5.41 Å². The van der Waals surface area contributed by atoms with Crippen molar-refractivity contribution in [3.63, 3.8) is 0 Å². The molecular weight excluding hydrogens is 336 g/mol. The van der Waals surface area contributed by atoms with E-state index in [2.05, 4.69) is 55.9 Å². The highest BCUT2D eigenvalue weighted by Gasteiger charge is 2.43. The molecule has 3 aromatic rings. The van der Waals surface area contributed by atoms with Crippen LogP contribution in [0.5, 0.6) is 0 Å². The minimum Gasteiger partial charge on any atom is -0.356 e. The summed E-state index contributed by atoms with van der Waals surface area (Å²) in [6.07, 6.45) is 2.50. The van der Waals surface area contributed by atoms with E-state index in [0.29, 0.717) is 5.41 Å². The summed E-state index contributed by atoms with van der Waals surface area (Å²) in [6, 6.07) is 10.4. The summed E-state index contributed by atoms with van der Waals surface area (Å²) in [5.41, 5.74) is 3.63. The predicted octanol–water partition coefficient (Wildman–Crippen LogP) is 3.07. The standard InChI is InChI=1S/C21H26N6/c1-15-11-20(23-16(2)22-15)27-10-8-21(14-27)7-9-26(13-21)12-19-24-17-5-3-4-6-18(17)25-19/h3-6,11H,7-10,12-14H2,1-2H3,(H,24,25). The van der Waals surface area contributed by atoms with Crippen LogP contribution in [0.2, 0.25) is 0 Å². The van der Waals surface area contributed by atoms with Crippen LogP contribution in [0.3, 0.4) is 0 Å². The van der Waals surface area contributed by atoms with Gasteiger partial charge in [-0.1, -0.05) is 12.1 Å². The van der Waals surface area contributed by atoms with Gasteiger partial charge in [0.1, 0.15) is 17.5 Å². The second-order valence-corrected chi connectivity index (χ2v) is 8.25. The molecular formula is C21H26N6. The largest absolute Gasteiger partial charge is 0.356 e. The zero-order valence-corrected chi connectivity index (χ0v) is 16.1. The number of aromatic amines is 1. The number of fused-ring (bicyclic) bond motifs is 1. The molecule has 0 aliphatic carbocycles. The van der Waals surface area contributed by atoms with Gasteiger partial charge in [0.2, 0.25) is 0 Å². The highest BCUT2D eigenvalue weighted by atomic mass is 15.3. The monoisotopic (exact) mass is 362 g/mol. The second-order valence-electron chi connectivity index (χ2n) is 8.25. The maximum absolute atomic E-state index is 4.75.